The van der Waals surface area contributed by atoms with Crippen molar-refractivity contribution in [2.75, 3.05) is 12.3 Å². The van der Waals surface area contributed by atoms with Gasteiger partial charge in [-0.2, -0.15) is 0 Å². The molecule has 3 N–H and O–H groups in total. The van der Waals surface area contributed by atoms with Crippen LogP contribution in [0.15, 0.2) is 42.3 Å². The summed E-state index contributed by atoms with van der Waals surface area (Å²) in [5.74, 6) is 0.379. The Morgan fingerprint density at radius 2 is 1.96 bits per heavy atom. The Balaban J connectivity index is 1.50. The SMILES string of the molecule is Nc1nc(CCCNC(=O)c2cnc(-c3ccncc3)nc2)cs1. The van der Waals surface area contributed by atoms with E-state index in [0.29, 0.717) is 23.1 Å². The first-order valence-electron chi connectivity index (χ1n) is 7.43. The molecular formula is C16H16N6OS. The van der Waals surface area contributed by atoms with E-state index in [2.05, 4.69) is 25.3 Å². The van der Waals surface area contributed by atoms with Crippen molar-refractivity contribution in [3.8, 4) is 11.4 Å². The number of nitrogens with one attached hydrogen (secondary N) is 1. The number of nitrogen functional groups attached to an aromatic ring is 1. The van der Waals surface area contributed by atoms with Crippen molar-refractivity contribution in [1.29, 1.82) is 0 Å². The molecule has 7 nitrogen and oxygen atoms in total. The lowest BCUT2D eigenvalue weighted by Gasteiger charge is -2.05. The van der Waals surface area contributed by atoms with E-state index in [1.54, 1.807) is 12.4 Å². The van der Waals surface area contributed by atoms with Gasteiger partial charge in [0.2, 0.25) is 0 Å². The number of carbonyl (C=O) groups excluding carboxylic acids is 1. The lowest BCUT2D eigenvalue weighted by Crippen LogP contribution is -2.25. The molecule has 0 radical (unpaired) electrons. The van der Waals surface area contributed by atoms with Gasteiger partial charge in [-0.1, -0.05) is 0 Å². The van der Waals surface area contributed by atoms with Crippen LogP contribution in [0.1, 0.15) is 22.5 Å². The highest BCUT2D eigenvalue weighted by molar-refractivity contribution is 7.13. The Morgan fingerprint density at radius 3 is 2.62 bits per heavy atom. The van der Waals surface area contributed by atoms with E-state index >= 15 is 0 Å². The Morgan fingerprint density at radius 1 is 1.21 bits per heavy atom. The van der Waals surface area contributed by atoms with E-state index in [1.807, 2.05) is 17.5 Å². The van der Waals surface area contributed by atoms with Crippen molar-refractivity contribution in [1.82, 2.24) is 25.3 Å². The molecular weight excluding hydrogens is 324 g/mol. The predicted molar refractivity (Wildman–Crippen MR) is 92.4 cm³/mol. The molecule has 0 bridgehead atoms. The average Bonchev–Trinajstić information content (AvgIpc) is 3.05. The third-order valence-electron chi connectivity index (χ3n) is 3.32. The van der Waals surface area contributed by atoms with Crippen molar-refractivity contribution < 1.29 is 4.79 Å². The quantitative estimate of drug-likeness (QED) is 0.664. The van der Waals surface area contributed by atoms with Crippen LogP contribution in [0.5, 0.6) is 0 Å². The second-order valence-electron chi connectivity index (χ2n) is 5.07. The number of anilines is 1. The summed E-state index contributed by atoms with van der Waals surface area (Å²) >= 11 is 1.42. The fourth-order valence-corrected chi connectivity index (χ4v) is 2.70. The van der Waals surface area contributed by atoms with E-state index in [4.69, 9.17) is 5.73 Å². The smallest absolute Gasteiger partial charge is 0.254 e. The van der Waals surface area contributed by atoms with Gasteiger partial charge in [0.05, 0.1) is 11.3 Å². The Kier molecular flexibility index (Phi) is 5.07. The summed E-state index contributed by atoms with van der Waals surface area (Å²) in [6.07, 6.45) is 7.99. The molecule has 1 amide bonds. The minimum atomic E-state index is -0.186. The molecule has 3 heterocycles. The van der Waals surface area contributed by atoms with Gasteiger partial charge in [-0.25, -0.2) is 15.0 Å². The maximum absolute atomic E-state index is 12.1. The summed E-state index contributed by atoms with van der Waals surface area (Å²) in [6, 6.07) is 3.64. The van der Waals surface area contributed by atoms with Crippen molar-refractivity contribution in [2.24, 2.45) is 0 Å². The zero-order chi connectivity index (χ0) is 16.8. The lowest BCUT2D eigenvalue weighted by atomic mass is 10.2. The molecule has 3 aromatic heterocycles. The fraction of sp³-hybridized carbons (Fsp3) is 0.188. The summed E-state index contributed by atoms with van der Waals surface area (Å²) in [5.41, 5.74) is 7.83. The van der Waals surface area contributed by atoms with Crippen LogP contribution in [0.3, 0.4) is 0 Å². The normalized spacial score (nSPS) is 10.5. The van der Waals surface area contributed by atoms with E-state index in [-0.39, 0.29) is 5.91 Å². The highest BCUT2D eigenvalue weighted by Crippen LogP contribution is 2.13. The van der Waals surface area contributed by atoms with Gasteiger partial charge >= 0.3 is 0 Å². The van der Waals surface area contributed by atoms with Crippen molar-refractivity contribution in [2.45, 2.75) is 12.8 Å². The molecule has 0 unspecified atom stereocenters. The van der Waals surface area contributed by atoms with Crippen molar-refractivity contribution in [3.05, 3.63) is 53.6 Å². The number of rotatable bonds is 6. The van der Waals surface area contributed by atoms with Crippen LogP contribution in [0.2, 0.25) is 0 Å². The first-order valence-corrected chi connectivity index (χ1v) is 8.31. The van der Waals surface area contributed by atoms with Gasteiger partial charge in [-0.15, -0.1) is 11.3 Å². The molecule has 3 rings (SSSR count). The van der Waals surface area contributed by atoms with E-state index in [0.717, 1.165) is 24.1 Å². The molecule has 0 aliphatic heterocycles. The molecule has 8 heteroatoms. The molecule has 0 spiro atoms. The molecule has 0 saturated carbocycles. The van der Waals surface area contributed by atoms with Crippen LogP contribution in [-0.2, 0) is 6.42 Å². The number of hydrogen-bond donors (Lipinski definition) is 2. The summed E-state index contributed by atoms with van der Waals surface area (Å²) < 4.78 is 0. The Hall–Kier alpha value is -2.87. The van der Waals surface area contributed by atoms with Gasteiger partial charge in [-0.05, 0) is 25.0 Å². The molecule has 0 saturated heterocycles. The van der Waals surface area contributed by atoms with Gasteiger partial charge in [0.1, 0.15) is 0 Å². The Bertz CT molecular complexity index is 803. The van der Waals surface area contributed by atoms with Crippen LogP contribution in [-0.4, -0.2) is 32.4 Å². The highest BCUT2D eigenvalue weighted by Gasteiger charge is 2.08. The monoisotopic (exact) mass is 340 g/mol. The zero-order valence-corrected chi connectivity index (χ0v) is 13.7. The van der Waals surface area contributed by atoms with Crippen LogP contribution in [0.4, 0.5) is 5.13 Å². The number of aromatic nitrogens is 4. The lowest BCUT2D eigenvalue weighted by molar-refractivity contribution is 0.0952. The van der Waals surface area contributed by atoms with Gasteiger partial charge in [0.25, 0.3) is 5.91 Å². The van der Waals surface area contributed by atoms with Gasteiger partial charge in [0.15, 0.2) is 11.0 Å². The van der Waals surface area contributed by atoms with Gasteiger partial charge in [0, 0.05) is 42.3 Å². The maximum atomic E-state index is 12.1. The molecule has 0 aliphatic carbocycles. The summed E-state index contributed by atoms with van der Waals surface area (Å²) in [5, 5.41) is 5.35. The van der Waals surface area contributed by atoms with E-state index in [1.165, 1.54) is 23.7 Å². The van der Waals surface area contributed by atoms with Crippen LogP contribution < -0.4 is 11.1 Å². The van der Waals surface area contributed by atoms with Crippen LogP contribution >= 0.6 is 11.3 Å². The maximum Gasteiger partial charge on any atom is 0.254 e. The summed E-state index contributed by atoms with van der Waals surface area (Å²) in [6.45, 7) is 0.558. The minimum absolute atomic E-state index is 0.186. The Labute approximate surface area is 143 Å². The number of amides is 1. The van der Waals surface area contributed by atoms with Crippen molar-refractivity contribution in [3.63, 3.8) is 0 Å². The largest absolute Gasteiger partial charge is 0.375 e. The number of aryl methyl sites for hydroxylation is 1. The molecule has 24 heavy (non-hydrogen) atoms. The molecule has 0 fully saturated rings. The third kappa shape index (κ3) is 4.11. The second kappa shape index (κ2) is 7.60. The van der Waals surface area contributed by atoms with Crippen LogP contribution in [0, 0.1) is 0 Å². The second-order valence-corrected chi connectivity index (χ2v) is 5.96. The van der Waals surface area contributed by atoms with Gasteiger partial charge in [-0.3, -0.25) is 9.78 Å². The first-order chi connectivity index (χ1) is 11.7. The van der Waals surface area contributed by atoms with Crippen LogP contribution in [0.25, 0.3) is 11.4 Å². The molecule has 0 atom stereocenters. The average molecular weight is 340 g/mol. The summed E-state index contributed by atoms with van der Waals surface area (Å²) in [4.78, 5) is 28.7. The van der Waals surface area contributed by atoms with E-state index in [9.17, 15) is 4.79 Å². The predicted octanol–water partition coefficient (Wildman–Crippen LogP) is 1.94. The van der Waals surface area contributed by atoms with E-state index < -0.39 is 0 Å². The fourth-order valence-electron chi connectivity index (χ4n) is 2.11. The summed E-state index contributed by atoms with van der Waals surface area (Å²) in [7, 11) is 0. The standard InChI is InChI=1S/C16H16N6OS/c17-16-22-13(10-24-16)2-1-5-19-15(23)12-8-20-14(21-9-12)11-3-6-18-7-4-11/h3-4,6-10H,1-2,5H2,(H2,17,22)(H,19,23). The molecule has 0 aromatic carbocycles. The molecule has 0 aliphatic rings. The van der Waals surface area contributed by atoms with Crippen molar-refractivity contribution >= 4 is 22.4 Å². The number of nitrogens with zero attached hydrogens (tertiary/aromatic N) is 4. The number of carbonyl (C=O) groups is 1. The molecule has 122 valence electrons. The van der Waals surface area contributed by atoms with Gasteiger partial charge < -0.3 is 11.1 Å². The molecule has 3 aromatic rings. The number of thiazole rings is 1. The first kappa shape index (κ1) is 16.0. The topological polar surface area (TPSA) is 107 Å². The third-order valence-corrected chi connectivity index (χ3v) is 4.04. The minimum Gasteiger partial charge on any atom is -0.375 e. The number of pyridine rings is 1. The number of hydrogen-bond acceptors (Lipinski definition) is 7. The zero-order valence-electron chi connectivity index (χ0n) is 12.8. The highest BCUT2D eigenvalue weighted by atomic mass is 32.1. The number of nitrogens with two attached hydrogens (primary N) is 1.